The summed E-state index contributed by atoms with van der Waals surface area (Å²) < 4.78 is 39.0. The van der Waals surface area contributed by atoms with Gasteiger partial charge in [0, 0.05) is 23.8 Å². The first-order valence-corrected chi connectivity index (χ1v) is 11.6. The second-order valence-electron chi connectivity index (χ2n) is 7.96. The van der Waals surface area contributed by atoms with Crippen molar-refractivity contribution in [1.82, 2.24) is 20.3 Å². The Hall–Kier alpha value is -3.49. The fraction of sp³-hybridized carbons (Fsp3) is 0.154. The maximum absolute atomic E-state index is 13.0. The molecule has 0 amide bonds. The molecule has 0 radical (unpaired) electrons. The molecular formula is C26H21F3N4S. The first-order chi connectivity index (χ1) is 16.5. The second kappa shape index (κ2) is 9.40. The van der Waals surface area contributed by atoms with Crippen LogP contribution in [0, 0.1) is 0 Å². The van der Waals surface area contributed by atoms with E-state index >= 15 is 0 Å². The standard InChI is InChI=1S/C26H21F3N4S/c27-26(28,29)20-4-5-21-22(15-20)33-25(32-21)24-7-6-23(34-24)19-3-1-2-18(14-19)16-31-13-10-17-8-11-30-12-9-17/h1-9,11-12,14-15,31H,10,13,16H2,(H,32,33). The minimum atomic E-state index is -4.38. The molecule has 5 aromatic rings. The van der Waals surface area contributed by atoms with Crippen molar-refractivity contribution in [2.75, 3.05) is 6.54 Å². The van der Waals surface area contributed by atoms with Gasteiger partial charge in [-0.05, 0) is 78.2 Å². The number of hydrogen-bond donors (Lipinski definition) is 2. The zero-order valence-corrected chi connectivity index (χ0v) is 18.9. The van der Waals surface area contributed by atoms with E-state index in [0.717, 1.165) is 47.0 Å². The van der Waals surface area contributed by atoms with E-state index in [0.29, 0.717) is 16.9 Å². The van der Waals surface area contributed by atoms with E-state index in [1.165, 1.54) is 17.2 Å². The van der Waals surface area contributed by atoms with E-state index in [1.54, 1.807) is 23.7 Å². The summed E-state index contributed by atoms with van der Waals surface area (Å²) in [6.07, 6.45) is 0.172. The number of pyridine rings is 1. The lowest BCUT2D eigenvalue weighted by atomic mass is 10.1. The van der Waals surface area contributed by atoms with Crippen molar-refractivity contribution >= 4 is 22.4 Å². The zero-order valence-electron chi connectivity index (χ0n) is 18.1. The molecule has 34 heavy (non-hydrogen) atoms. The van der Waals surface area contributed by atoms with Crippen molar-refractivity contribution in [2.45, 2.75) is 19.1 Å². The van der Waals surface area contributed by atoms with Crippen molar-refractivity contribution in [3.05, 3.63) is 95.8 Å². The fourth-order valence-electron chi connectivity index (χ4n) is 3.77. The average molecular weight is 479 g/mol. The molecule has 172 valence electrons. The van der Waals surface area contributed by atoms with Crippen LogP contribution in [0.2, 0.25) is 0 Å². The zero-order chi connectivity index (χ0) is 23.5. The molecule has 0 spiro atoms. The van der Waals surface area contributed by atoms with E-state index in [-0.39, 0.29) is 0 Å². The van der Waals surface area contributed by atoms with Crippen molar-refractivity contribution in [1.29, 1.82) is 0 Å². The van der Waals surface area contributed by atoms with Gasteiger partial charge in [0.25, 0.3) is 0 Å². The largest absolute Gasteiger partial charge is 0.416 e. The Kier molecular flexibility index (Phi) is 6.17. The molecular weight excluding hydrogens is 457 g/mol. The molecule has 2 aromatic carbocycles. The highest BCUT2D eigenvalue weighted by Crippen LogP contribution is 2.35. The van der Waals surface area contributed by atoms with Gasteiger partial charge in [0.1, 0.15) is 5.82 Å². The van der Waals surface area contributed by atoms with Crippen LogP contribution in [0.5, 0.6) is 0 Å². The SMILES string of the molecule is FC(F)(F)c1ccc2nc(-c3ccc(-c4cccc(CNCCc5ccncc5)c4)s3)[nH]c2c1. The van der Waals surface area contributed by atoms with Crippen LogP contribution in [0.25, 0.3) is 32.2 Å². The molecule has 0 saturated heterocycles. The lowest BCUT2D eigenvalue weighted by Gasteiger charge is -2.07. The van der Waals surface area contributed by atoms with Crippen LogP contribution in [0.15, 0.2) is 79.1 Å². The summed E-state index contributed by atoms with van der Waals surface area (Å²) in [5, 5.41) is 3.48. The number of rotatable bonds is 7. The van der Waals surface area contributed by atoms with Gasteiger partial charge in [-0.25, -0.2) is 4.98 Å². The number of halogens is 3. The summed E-state index contributed by atoms with van der Waals surface area (Å²) in [7, 11) is 0. The van der Waals surface area contributed by atoms with Gasteiger partial charge in [0.05, 0.1) is 21.5 Å². The van der Waals surface area contributed by atoms with Gasteiger partial charge in [0.2, 0.25) is 0 Å². The maximum atomic E-state index is 13.0. The van der Waals surface area contributed by atoms with Crippen molar-refractivity contribution in [2.24, 2.45) is 0 Å². The molecule has 0 unspecified atom stereocenters. The highest BCUT2D eigenvalue weighted by Gasteiger charge is 2.30. The van der Waals surface area contributed by atoms with Gasteiger partial charge in [0.15, 0.2) is 0 Å². The van der Waals surface area contributed by atoms with Crippen molar-refractivity contribution < 1.29 is 13.2 Å². The molecule has 4 nitrogen and oxygen atoms in total. The molecule has 0 aliphatic heterocycles. The Morgan fingerprint density at radius 1 is 0.882 bits per heavy atom. The van der Waals surface area contributed by atoms with E-state index < -0.39 is 11.7 Å². The second-order valence-corrected chi connectivity index (χ2v) is 9.05. The fourth-order valence-corrected chi connectivity index (χ4v) is 4.72. The predicted octanol–water partition coefficient (Wildman–Crippen LogP) is 6.70. The summed E-state index contributed by atoms with van der Waals surface area (Å²) in [5.74, 6) is 0.569. The lowest BCUT2D eigenvalue weighted by Crippen LogP contribution is -2.16. The Morgan fingerprint density at radius 2 is 1.71 bits per heavy atom. The molecule has 0 atom stereocenters. The van der Waals surface area contributed by atoms with Crippen LogP contribution in [-0.4, -0.2) is 21.5 Å². The van der Waals surface area contributed by atoms with E-state index in [9.17, 15) is 13.2 Å². The van der Waals surface area contributed by atoms with Crippen molar-refractivity contribution in [3.8, 4) is 21.1 Å². The number of aromatic amines is 1. The van der Waals surface area contributed by atoms with Crippen LogP contribution in [0.3, 0.4) is 0 Å². The van der Waals surface area contributed by atoms with E-state index in [2.05, 4.69) is 38.5 Å². The third kappa shape index (κ3) is 5.03. The van der Waals surface area contributed by atoms with E-state index in [4.69, 9.17) is 0 Å². The highest BCUT2D eigenvalue weighted by atomic mass is 32.1. The number of alkyl halides is 3. The monoisotopic (exact) mass is 478 g/mol. The average Bonchev–Trinajstić information content (AvgIpc) is 3.49. The number of nitrogens with zero attached hydrogens (tertiary/aromatic N) is 2. The highest BCUT2D eigenvalue weighted by molar-refractivity contribution is 7.18. The summed E-state index contributed by atoms with van der Waals surface area (Å²) in [5.41, 5.74) is 3.74. The Balaban J connectivity index is 1.28. The Labute approximate surface area is 198 Å². The number of nitrogens with one attached hydrogen (secondary N) is 2. The molecule has 2 N–H and O–H groups in total. The van der Waals surface area contributed by atoms with Gasteiger partial charge >= 0.3 is 6.18 Å². The quantitative estimate of drug-likeness (QED) is 0.256. The van der Waals surface area contributed by atoms with Crippen LogP contribution >= 0.6 is 11.3 Å². The molecule has 3 aromatic heterocycles. The van der Waals surface area contributed by atoms with Crippen LogP contribution < -0.4 is 5.32 Å². The van der Waals surface area contributed by atoms with E-state index in [1.807, 2.05) is 30.3 Å². The predicted molar refractivity (Wildman–Crippen MR) is 129 cm³/mol. The minimum Gasteiger partial charge on any atom is -0.337 e. The third-order valence-electron chi connectivity index (χ3n) is 5.53. The van der Waals surface area contributed by atoms with Gasteiger partial charge in [-0.15, -0.1) is 11.3 Å². The number of benzene rings is 2. The molecule has 0 saturated carbocycles. The van der Waals surface area contributed by atoms with Gasteiger partial charge in [-0.2, -0.15) is 13.2 Å². The van der Waals surface area contributed by atoms with Crippen LogP contribution in [0.4, 0.5) is 13.2 Å². The smallest absolute Gasteiger partial charge is 0.337 e. The number of aromatic nitrogens is 3. The van der Waals surface area contributed by atoms with Gasteiger partial charge < -0.3 is 10.3 Å². The molecule has 0 aliphatic carbocycles. The summed E-state index contributed by atoms with van der Waals surface area (Å²) in [4.78, 5) is 13.5. The number of imidazole rings is 1. The first kappa shape index (κ1) is 22.3. The number of fused-ring (bicyclic) bond motifs is 1. The van der Waals surface area contributed by atoms with Gasteiger partial charge in [-0.3, -0.25) is 4.98 Å². The van der Waals surface area contributed by atoms with Crippen LogP contribution in [0.1, 0.15) is 16.7 Å². The lowest BCUT2D eigenvalue weighted by molar-refractivity contribution is -0.137. The minimum absolute atomic E-state index is 0.375. The number of thiophene rings is 1. The molecule has 5 rings (SSSR count). The molecule has 3 heterocycles. The first-order valence-electron chi connectivity index (χ1n) is 10.8. The molecule has 0 bridgehead atoms. The molecule has 8 heteroatoms. The summed E-state index contributed by atoms with van der Waals surface area (Å²) in [6.45, 7) is 1.64. The van der Waals surface area contributed by atoms with Crippen LogP contribution in [-0.2, 0) is 19.1 Å². The third-order valence-corrected chi connectivity index (χ3v) is 6.67. The number of hydrogen-bond acceptors (Lipinski definition) is 4. The topological polar surface area (TPSA) is 53.6 Å². The van der Waals surface area contributed by atoms with Crippen molar-refractivity contribution in [3.63, 3.8) is 0 Å². The Morgan fingerprint density at radius 3 is 2.53 bits per heavy atom. The molecule has 0 fully saturated rings. The normalized spacial score (nSPS) is 11.9. The maximum Gasteiger partial charge on any atom is 0.416 e. The number of H-pyrrole nitrogens is 1. The molecule has 0 aliphatic rings. The summed E-state index contributed by atoms with van der Waals surface area (Å²) >= 11 is 1.56. The Bertz CT molecular complexity index is 1410. The van der Waals surface area contributed by atoms with Gasteiger partial charge in [-0.1, -0.05) is 18.2 Å². The summed E-state index contributed by atoms with van der Waals surface area (Å²) in [6, 6.07) is 19.9.